The monoisotopic (exact) mass is 313 g/mol. The van der Waals surface area contributed by atoms with Crippen LogP contribution in [0.25, 0.3) is 0 Å². The van der Waals surface area contributed by atoms with Crippen molar-refractivity contribution in [3.05, 3.63) is 36.4 Å². The van der Waals surface area contributed by atoms with E-state index < -0.39 is 0 Å². The molecule has 0 aromatic carbocycles. The van der Waals surface area contributed by atoms with Crippen molar-refractivity contribution in [3.8, 4) is 6.01 Å². The first-order valence-electron chi connectivity index (χ1n) is 7.77. The van der Waals surface area contributed by atoms with Crippen LogP contribution in [0, 0.1) is 18.3 Å². The minimum Gasteiger partial charge on any atom is -0.463 e. The molecule has 2 aromatic heterocycles. The molecule has 0 radical (unpaired) electrons. The third-order valence-corrected chi connectivity index (χ3v) is 4.62. The first-order chi connectivity index (χ1) is 11.3. The Hall–Kier alpha value is -2.28. The molecule has 2 saturated heterocycles. The van der Waals surface area contributed by atoms with E-state index in [9.17, 15) is 0 Å². The zero-order chi connectivity index (χ0) is 15.7. The van der Waals surface area contributed by atoms with Crippen molar-refractivity contribution in [3.63, 3.8) is 0 Å². The van der Waals surface area contributed by atoms with E-state index in [0.717, 1.165) is 31.3 Å². The first kappa shape index (κ1) is 14.3. The fraction of sp³-hybridized carbons (Fsp3) is 0.500. The van der Waals surface area contributed by atoms with Crippen LogP contribution >= 0.6 is 0 Å². The quantitative estimate of drug-likeness (QED) is 0.837. The highest BCUT2D eigenvalue weighted by molar-refractivity contribution is 5.33. The molecule has 0 N–H and O–H groups in total. The van der Waals surface area contributed by atoms with Gasteiger partial charge in [-0.3, -0.25) is 0 Å². The lowest BCUT2D eigenvalue weighted by atomic mass is 9.82. The maximum absolute atomic E-state index is 5.89. The van der Waals surface area contributed by atoms with Crippen molar-refractivity contribution in [1.82, 2.24) is 19.9 Å². The Kier molecular flexibility index (Phi) is 3.57. The summed E-state index contributed by atoms with van der Waals surface area (Å²) in [6.45, 7) is 5.63. The Morgan fingerprint density at radius 1 is 1.30 bits per heavy atom. The number of anilines is 1. The first-order valence-corrected chi connectivity index (χ1v) is 7.77. The summed E-state index contributed by atoms with van der Waals surface area (Å²) >= 11 is 0. The third kappa shape index (κ3) is 2.72. The molecule has 23 heavy (non-hydrogen) atoms. The summed E-state index contributed by atoms with van der Waals surface area (Å²) in [6.07, 6.45) is 5.27. The summed E-state index contributed by atoms with van der Waals surface area (Å²) < 4.78 is 11.6. The van der Waals surface area contributed by atoms with Gasteiger partial charge in [0.1, 0.15) is 6.61 Å². The number of rotatable bonds is 4. The molecular formula is C16H19N5O2. The lowest BCUT2D eigenvalue weighted by molar-refractivity contribution is 0.105. The molecule has 0 aliphatic carbocycles. The van der Waals surface area contributed by atoms with Gasteiger partial charge in [-0.05, 0) is 19.1 Å². The largest absolute Gasteiger partial charge is 0.463 e. The fourth-order valence-electron chi connectivity index (χ4n) is 3.35. The minimum atomic E-state index is -0.0493. The van der Waals surface area contributed by atoms with E-state index in [4.69, 9.17) is 9.47 Å². The number of aryl methyl sites for hydroxylation is 1. The van der Waals surface area contributed by atoms with Crippen molar-refractivity contribution in [2.45, 2.75) is 6.92 Å². The zero-order valence-electron chi connectivity index (χ0n) is 13.1. The van der Waals surface area contributed by atoms with Crippen LogP contribution < -0.4 is 9.64 Å². The number of nitrogens with zero attached hydrogens (tertiary/aromatic N) is 5. The molecule has 0 unspecified atom stereocenters. The van der Waals surface area contributed by atoms with Gasteiger partial charge in [0.15, 0.2) is 0 Å². The van der Waals surface area contributed by atoms with Gasteiger partial charge in [0.25, 0.3) is 0 Å². The van der Waals surface area contributed by atoms with Gasteiger partial charge in [-0.2, -0.15) is 0 Å². The SMILES string of the molecule is Cc1ccnc(OC[C@]23COC[C@H]2CN(c2ncccn2)C3)n1. The standard InChI is InChI=1S/C16H19N5O2/c1-12-3-6-19-15(20-12)23-11-16-9-21(7-13(16)8-22-10-16)14-17-4-2-5-18-14/h2-6,13H,7-11H2,1H3/t13-,16+/m1/s1. The maximum atomic E-state index is 5.89. The summed E-state index contributed by atoms with van der Waals surface area (Å²) in [4.78, 5) is 19.4. The average molecular weight is 313 g/mol. The van der Waals surface area contributed by atoms with E-state index >= 15 is 0 Å². The highest BCUT2D eigenvalue weighted by Gasteiger charge is 2.52. The summed E-state index contributed by atoms with van der Waals surface area (Å²) in [5.41, 5.74) is 0.851. The molecule has 7 heteroatoms. The normalized spacial score (nSPS) is 26.3. The number of fused-ring (bicyclic) bond motifs is 1. The second-order valence-electron chi connectivity index (χ2n) is 6.27. The van der Waals surface area contributed by atoms with Gasteiger partial charge < -0.3 is 14.4 Å². The van der Waals surface area contributed by atoms with Crippen LogP contribution in [-0.2, 0) is 4.74 Å². The summed E-state index contributed by atoms with van der Waals surface area (Å²) in [5.74, 6) is 1.18. The Morgan fingerprint density at radius 3 is 3.00 bits per heavy atom. The zero-order valence-corrected chi connectivity index (χ0v) is 13.1. The second kappa shape index (κ2) is 5.73. The van der Waals surface area contributed by atoms with E-state index in [2.05, 4.69) is 24.8 Å². The van der Waals surface area contributed by atoms with Crippen molar-refractivity contribution in [2.24, 2.45) is 11.3 Å². The Balaban J connectivity index is 1.49. The Bertz CT molecular complexity index is 683. The van der Waals surface area contributed by atoms with Gasteiger partial charge in [-0.15, -0.1) is 0 Å². The van der Waals surface area contributed by atoms with E-state index in [1.165, 1.54) is 0 Å². The molecule has 4 heterocycles. The molecule has 0 bridgehead atoms. The van der Waals surface area contributed by atoms with E-state index in [1.54, 1.807) is 18.6 Å². The summed E-state index contributed by atoms with van der Waals surface area (Å²) in [5, 5.41) is 0. The number of hydrogen-bond donors (Lipinski definition) is 0. The van der Waals surface area contributed by atoms with Crippen LogP contribution in [0.3, 0.4) is 0 Å². The molecular weight excluding hydrogens is 294 g/mol. The van der Waals surface area contributed by atoms with Crippen LogP contribution in [0.2, 0.25) is 0 Å². The molecule has 4 rings (SSSR count). The van der Waals surface area contributed by atoms with Gasteiger partial charge in [0, 0.05) is 43.3 Å². The molecule has 2 aromatic rings. The van der Waals surface area contributed by atoms with Gasteiger partial charge in [0.2, 0.25) is 5.95 Å². The maximum Gasteiger partial charge on any atom is 0.316 e. The lowest BCUT2D eigenvalue weighted by Gasteiger charge is -2.26. The topological polar surface area (TPSA) is 73.3 Å². The highest BCUT2D eigenvalue weighted by atomic mass is 16.5. The molecule has 2 atom stereocenters. The van der Waals surface area contributed by atoms with Crippen LogP contribution in [0.1, 0.15) is 5.69 Å². The second-order valence-corrected chi connectivity index (χ2v) is 6.27. The third-order valence-electron chi connectivity index (χ3n) is 4.62. The van der Waals surface area contributed by atoms with E-state index in [-0.39, 0.29) is 5.41 Å². The van der Waals surface area contributed by atoms with Crippen LogP contribution in [0.15, 0.2) is 30.7 Å². The fourth-order valence-corrected chi connectivity index (χ4v) is 3.35. The molecule has 2 fully saturated rings. The van der Waals surface area contributed by atoms with Gasteiger partial charge >= 0.3 is 6.01 Å². The molecule has 2 aliphatic heterocycles. The number of ether oxygens (including phenoxy) is 2. The molecule has 0 amide bonds. The lowest BCUT2D eigenvalue weighted by Crippen LogP contribution is -2.37. The van der Waals surface area contributed by atoms with Gasteiger partial charge in [-0.25, -0.2) is 19.9 Å². The highest BCUT2D eigenvalue weighted by Crippen LogP contribution is 2.42. The average Bonchev–Trinajstić information content (AvgIpc) is 3.11. The summed E-state index contributed by atoms with van der Waals surface area (Å²) in [7, 11) is 0. The van der Waals surface area contributed by atoms with Crippen molar-refractivity contribution in [1.29, 1.82) is 0 Å². The van der Waals surface area contributed by atoms with E-state index in [0.29, 0.717) is 25.1 Å². The smallest absolute Gasteiger partial charge is 0.316 e. The van der Waals surface area contributed by atoms with Gasteiger partial charge in [-0.1, -0.05) is 0 Å². The predicted octanol–water partition coefficient (Wildman–Crippen LogP) is 1.11. The summed E-state index contributed by atoms with van der Waals surface area (Å²) in [6, 6.07) is 4.12. The Morgan fingerprint density at radius 2 is 2.17 bits per heavy atom. The molecule has 2 aliphatic rings. The molecule has 0 spiro atoms. The van der Waals surface area contributed by atoms with Crippen LogP contribution in [-0.4, -0.2) is 52.8 Å². The number of hydrogen-bond acceptors (Lipinski definition) is 7. The van der Waals surface area contributed by atoms with Crippen LogP contribution in [0.4, 0.5) is 5.95 Å². The minimum absolute atomic E-state index is 0.0493. The van der Waals surface area contributed by atoms with Gasteiger partial charge in [0.05, 0.1) is 18.6 Å². The van der Waals surface area contributed by atoms with Crippen molar-refractivity contribution in [2.75, 3.05) is 37.8 Å². The van der Waals surface area contributed by atoms with Crippen molar-refractivity contribution < 1.29 is 9.47 Å². The molecule has 0 saturated carbocycles. The molecule has 7 nitrogen and oxygen atoms in total. The van der Waals surface area contributed by atoms with E-state index in [1.807, 2.05) is 19.1 Å². The Labute approximate surface area is 134 Å². The van der Waals surface area contributed by atoms with Crippen LogP contribution in [0.5, 0.6) is 6.01 Å². The predicted molar refractivity (Wildman–Crippen MR) is 83.3 cm³/mol. The number of aromatic nitrogens is 4. The molecule has 120 valence electrons. The van der Waals surface area contributed by atoms with Crippen molar-refractivity contribution >= 4 is 5.95 Å².